The molecule has 0 radical (unpaired) electrons. The molecule has 1 rings (SSSR count). The second kappa shape index (κ2) is 7.01. The van der Waals surface area contributed by atoms with E-state index in [1.807, 2.05) is 6.26 Å². The van der Waals surface area contributed by atoms with Crippen LogP contribution in [-0.2, 0) is 6.54 Å². The molecule has 5 heteroatoms. The van der Waals surface area contributed by atoms with Crippen LogP contribution in [-0.4, -0.2) is 29.3 Å². The van der Waals surface area contributed by atoms with E-state index >= 15 is 0 Å². The minimum absolute atomic E-state index is 0.225. The molecule has 1 aromatic heterocycles. The second-order valence-corrected chi connectivity index (χ2v) is 7.33. The lowest BCUT2D eigenvalue weighted by Crippen LogP contribution is -2.36. The van der Waals surface area contributed by atoms with Crippen molar-refractivity contribution in [2.45, 2.75) is 31.7 Å². The Kier molecular flexibility index (Phi) is 6.36. The van der Waals surface area contributed by atoms with Gasteiger partial charge in [-0.2, -0.15) is 11.8 Å². The largest absolute Gasteiger partial charge is 0.395 e. The lowest BCUT2D eigenvalue weighted by Gasteiger charge is -2.20. The molecule has 0 bridgehead atoms. The average molecular weight is 324 g/mol. The summed E-state index contributed by atoms with van der Waals surface area (Å²) in [4.78, 5) is 1.33. The first-order chi connectivity index (χ1) is 7.58. The number of nitrogens with one attached hydrogen (secondary N) is 1. The van der Waals surface area contributed by atoms with Gasteiger partial charge in [0.25, 0.3) is 0 Å². The van der Waals surface area contributed by atoms with Crippen molar-refractivity contribution in [3.8, 4) is 0 Å². The van der Waals surface area contributed by atoms with Crippen molar-refractivity contribution in [1.29, 1.82) is 0 Å². The highest BCUT2D eigenvalue weighted by molar-refractivity contribution is 9.11. The maximum Gasteiger partial charge on any atom is 0.0730 e. The summed E-state index contributed by atoms with van der Waals surface area (Å²) in [6, 6.07) is 2.52. The molecule has 0 aliphatic heterocycles. The minimum atomic E-state index is 0.225. The van der Waals surface area contributed by atoms with Gasteiger partial charge in [0.15, 0.2) is 0 Å². The van der Waals surface area contributed by atoms with Gasteiger partial charge in [-0.25, -0.2) is 0 Å². The van der Waals surface area contributed by atoms with E-state index in [9.17, 15) is 5.11 Å². The van der Waals surface area contributed by atoms with Crippen molar-refractivity contribution in [1.82, 2.24) is 5.32 Å². The highest BCUT2D eigenvalue weighted by Crippen LogP contribution is 2.27. The molecule has 0 amide bonds. The smallest absolute Gasteiger partial charge is 0.0730 e. The number of hydrogen-bond donors (Lipinski definition) is 2. The van der Waals surface area contributed by atoms with Gasteiger partial charge in [-0.05, 0) is 47.7 Å². The van der Waals surface area contributed by atoms with Gasteiger partial charge in [-0.15, -0.1) is 11.3 Å². The van der Waals surface area contributed by atoms with Gasteiger partial charge in [0.1, 0.15) is 0 Å². The highest BCUT2D eigenvalue weighted by atomic mass is 79.9. The van der Waals surface area contributed by atoms with Gasteiger partial charge in [-0.3, -0.25) is 0 Å². The van der Waals surface area contributed by atoms with Gasteiger partial charge in [0.05, 0.1) is 10.4 Å². The summed E-state index contributed by atoms with van der Waals surface area (Å²) in [6.07, 6.45) is 2.03. The molecule has 0 aromatic carbocycles. The fraction of sp³-hybridized carbons (Fsp3) is 0.636. The highest BCUT2D eigenvalue weighted by Gasteiger charge is 2.14. The normalized spacial score (nSPS) is 15.1. The lowest BCUT2D eigenvalue weighted by atomic mass is 10.2. The summed E-state index contributed by atoms with van der Waals surface area (Å²) >= 11 is 7.00. The third-order valence-corrected chi connectivity index (χ3v) is 5.85. The number of thiophene rings is 1. The van der Waals surface area contributed by atoms with Crippen molar-refractivity contribution in [2.24, 2.45) is 0 Å². The quantitative estimate of drug-likeness (QED) is 0.844. The predicted octanol–water partition coefficient (Wildman–Crippen LogP) is 3.02. The Morgan fingerprint density at radius 1 is 1.62 bits per heavy atom. The monoisotopic (exact) mass is 323 g/mol. The number of aliphatic hydroxyl groups is 1. The summed E-state index contributed by atoms with van der Waals surface area (Å²) in [5.74, 6) is 0. The first-order valence-electron chi connectivity index (χ1n) is 5.20. The van der Waals surface area contributed by atoms with Gasteiger partial charge in [-0.1, -0.05) is 0 Å². The molecule has 0 saturated carbocycles. The van der Waals surface area contributed by atoms with Crippen molar-refractivity contribution in [3.05, 3.63) is 20.3 Å². The summed E-state index contributed by atoms with van der Waals surface area (Å²) < 4.78 is 1.21. The second-order valence-electron chi connectivity index (χ2n) is 3.80. The molecule has 2 atom stereocenters. The van der Waals surface area contributed by atoms with Crippen LogP contribution in [0.1, 0.15) is 17.4 Å². The Balaban J connectivity index is 2.45. The van der Waals surface area contributed by atoms with Crippen molar-refractivity contribution < 1.29 is 5.11 Å². The fourth-order valence-electron chi connectivity index (χ4n) is 1.44. The molecule has 92 valence electrons. The first-order valence-corrected chi connectivity index (χ1v) is 8.10. The van der Waals surface area contributed by atoms with Crippen LogP contribution in [0.5, 0.6) is 0 Å². The number of aryl methyl sites for hydroxylation is 1. The van der Waals surface area contributed by atoms with E-state index < -0.39 is 0 Å². The number of hydrogen-bond acceptors (Lipinski definition) is 4. The third-order valence-electron chi connectivity index (χ3n) is 2.55. The molecule has 2 N–H and O–H groups in total. The molecule has 0 aliphatic carbocycles. The van der Waals surface area contributed by atoms with Crippen molar-refractivity contribution in [2.75, 3.05) is 12.9 Å². The molecule has 0 saturated heterocycles. The zero-order valence-electron chi connectivity index (χ0n) is 9.79. The molecule has 2 unspecified atom stereocenters. The van der Waals surface area contributed by atoms with E-state index in [2.05, 4.69) is 41.2 Å². The number of aliphatic hydroxyl groups excluding tert-OH is 1. The van der Waals surface area contributed by atoms with Crippen LogP contribution in [0.4, 0.5) is 0 Å². The summed E-state index contributed by atoms with van der Waals surface area (Å²) in [7, 11) is 0. The van der Waals surface area contributed by atoms with Crippen molar-refractivity contribution >= 4 is 39.0 Å². The van der Waals surface area contributed by atoms with Gasteiger partial charge >= 0.3 is 0 Å². The van der Waals surface area contributed by atoms with Crippen LogP contribution in [0, 0.1) is 6.92 Å². The maximum atomic E-state index is 9.18. The zero-order chi connectivity index (χ0) is 12.1. The van der Waals surface area contributed by atoms with Crippen LogP contribution in [0.25, 0.3) is 0 Å². The molecule has 0 spiro atoms. The predicted molar refractivity (Wildman–Crippen MR) is 77.4 cm³/mol. The van der Waals surface area contributed by atoms with E-state index in [1.165, 1.54) is 14.2 Å². The Morgan fingerprint density at radius 2 is 2.31 bits per heavy atom. The SMILES string of the molecule is CSC(CO)C(C)NCc1cc(C)c(Br)s1. The lowest BCUT2D eigenvalue weighted by molar-refractivity contribution is 0.276. The number of thioether (sulfide) groups is 1. The molecule has 2 nitrogen and oxygen atoms in total. The molecular formula is C11H18BrNOS2. The van der Waals surface area contributed by atoms with Crippen LogP contribution in [0.2, 0.25) is 0 Å². The summed E-state index contributed by atoms with van der Waals surface area (Å²) in [5.41, 5.74) is 1.29. The minimum Gasteiger partial charge on any atom is -0.395 e. The van der Waals surface area contributed by atoms with Gasteiger partial charge in [0.2, 0.25) is 0 Å². The van der Waals surface area contributed by atoms with Crippen LogP contribution < -0.4 is 5.32 Å². The van der Waals surface area contributed by atoms with E-state index in [0.717, 1.165) is 6.54 Å². The van der Waals surface area contributed by atoms with Crippen molar-refractivity contribution in [3.63, 3.8) is 0 Å². The number of halogens is 1. The summed E-state index contributed by atoms with van der Waals surface area (Å²) in [6.45, 7) is 5.32. The van der Waals surface area contributed by atoms with Crippen LogP contribution in [0.3, 0.4) is 0 Å². The molecule has 0 aliphatic rings. The Morgan fingerprint density at radius 3 is 2.75 bits per heavy atom. The Hall–Kier alpha value is 0.450. The fourth-order valence-corrected chi connectivity index (χ4v) is 3.67. The molecule has 16 heavy (non-hydrogen) atoms. The zero-order valence-corrected chi connectivity index (χ0v) is 13.0. The Bertz CT molecular complexity index is 306. The van der Waals surface area contributed by atoms with E-state index in [1.54, 1.807) is 23.1 Å². The maximum absolute atomic E-state index is 9.18. The van der Waals surface area contributed by atoms with E-state index in [4.69, 9.17) is 0 Å². The standard InChI is InChI=1S/C11H18BrNOS2/c1-7-4-9(16-11(7)12)5-13-8(2)10(6-14)15-3/h4,8,10,13-14H,5-6H2,1-3H3. The van der Waals surface area contributed by atoms with E-state index in [-0.39, 0.29) is 11.9 Å². The Labute approximate surface area is 114 Å². The molecular weight excluding hydrogens is 306 g/mol. The summed E-state index contributed by atoms with van der Waals surface area (Å²) in [5, 5.41) is 12.9. The average Bonchev–Trinajstić information content (AvgIpc) is 2.57. The van der Waals surface area contributed by atoms with Gasteiger partial charge in [0, 0.05) is 22.7 Å². The van der Waals surface area contributed by atoms with Crippen LogP contribution >= 0.6 is 39.0 Å². The van der Waals surface area contributed by atoms with Gasteiger partial charge < -0.3 is 10.4 Å². The number of rotatable bonds is 6. The van der Waals surface area contributed by atoms with E-state index in [0.29, 0.717) is 6.04 Å². The molecule has 1 heterocycles. The molecule has 0 fully saturated rings. The third kappa shape index (κ3) is 4.04. The molecule has 1 aromatic rings. The first kappa shape index (κ1) is 14.5. The van der Waals surface area contributed by atoms with Crippen LogP contribution in [0.15, 0.2) is 9.85 Å². The topological polar surface area (TPSA) is 32.3 Å².